The van der Waals surface area contributed by atoms with Crippen LogP contribution in [0.4, 0.5) is 5.69 Å². The summed E-state index contributed by atoms with van der Waals surface area (Å²) in [6.07, 6.45) is -6.85. The second kappa shape index (κ2) is 18.2. The summed E-state index contributed by atoms with van der Waals surface area (Å²) in [4.78, 5) is 73.3. The number of nitrogens with zero attached hydrogens (tertiary/aromatic N) is 2. The van der Waals surface area contributed by atoms with Gasteiger partial charge in [0.2, 0.25) is 17.7 Å². The van der Waals surface area contributed by atoms with Gasteiger partial charge in [0.25, 0.3) is 5.69 Å². The number of nitro groups is 1. The fourth-order valence-corrected chi connectivity index (χ4v) is 4.82. The molecule has 0 spiro atoms. The molecule has 0 saturated carbocycles. The van der Waals surface area contributed by atoms with Gasteiger partial charge in [-0.3, -0.25) is 34.1 Å². The molecule has 47 heavy (non-hydrogen) atoms. The lowest BCUT2D eigenvalue weighted by molar-refractivity contribution is -0.384. The molecular formula is C29H43N5O13. The Labute approximate surface area is 270 Å². The lowest BCUT2D eigenvalue weighted by Crippen LogP contribution is -2.65. The third-order valence-corrected chi connectivity index (χ3v) is 7.05. The molecule has 1 aliphatic heterocycles. The number of nitrogens with one attached hydrogen (secondary N) is 1. The number of nitro benzene ring substituents is 1. The number of rotatable bonds is 17. The summed E-state index contributed by atoms with van der Waals surface area (Å²) in [5, 5.41) is 35.0. The Morgan fingerprint density at radius 2 is 1.74 bits per heavy atom. The average Bonchev–Trinajstić information content (AvgIpc) is 2.99. The van der Waals surface area contributed by atoms with E-state index in [9.17, 15) is 44.3 Å². The third kappa shape index (κ3) is 11.8. The highest BCUT2D eigenvalue weighted by Crippen LogP contribution is 2.25. The Bertz CT molecular complexity index is 1260. The van der Waals surface area contributed by atoms with Gasteiger partial charge < -0.3 is 50.8 Å². The molecule has 18 heteroatoms. The first kappa shape index (κ1) is 39.0. The van der Waals surface area contributed by atoms with Crippen molar-refractivity contribution in [3.05, 3.63) is 34.4 Å². The minimum atomic E-state index is -1.68. The zero-order chi connectivity index (χ0) is 35.4. The normalized spacial score (nSPS) is 22.7. The summed E-state index contributed by atoms with van der Waals surface area (Å²) < 4.78 is 21.7. The molecule has 1 aromatic rings. The van der Waals surface area contributed by atoms with Crippen LogP contribution in [0.1, 0.15) is 53.4 Å². The number of ether oxygens (including phenoxy) is 4. The minimum Gasteiger partial charge on any atom is -0.463 e. The molecule has 0 bridgehead atoms. The molecule has 3 amide bonds. The Hall–Kier alpha value is -4.23. The topological polar surface area (TPSA) is 273 Å². The molecule has 1 heterocycles. The molecule has 2 rings (SSSR count). The van der Waals surface area contributed by atoms with E-state index in [1.165, 1.54) is 32.9 Å². The van der Waals surface area contributed by atoms with Gasteiger partial charge in [0.1, 0.15) is 42.8 Å². The predicted molar refractivity (Wildman–Crippen MR) is 161 cm³/mol. The molecule has 0 aliphatic carbocycles. The molecule has 1 saturated heterocycles. The lowest BCUT2D eigenvalue weighted by atomic mass is 9.96. The van der Waals surface area contributed by atoms with Crippen molar-refractivity contribution >= 4 is 35.3 Å². The highest BCUT2D eigenvalue weighted by Gasteiger charge is 2.47. The van der Waals surface area contributed by atoms with E-state index < -0.39 is 96.4 Å². The van der Waals surface area contributed by atoms with E-state index >= 15 is 0 Å². The van der Waals surface area contributed by atoms with Crippen LogP contribution in [0.3, 0.4) is 0 Å². The van der Waals surface area contributed by atoms with Gasteiger partial charge in [-0.2, -0.15) is 0 Å². The Morgan fingerprint density at radius 3 is 2.28 bits per heavy atom. The van der Waals surface area contributed by atoms with E-state index in [2.05, 4.69) is 5.32 Å². The molecule has 1 aromatic carbocycles. The molecule has 0 aromatic heterocycles. The van der Waals surface area contributed by atoms with Crippen molar-refractivity contribution in [1.29, 1.82) is 0 Å². The zero-order valence-corrected chi connectivity index (χ0v) is 26.6. The minimum absolute atomic E-state index is 0.0196. The van der Waals surface area contributed by atoms with Crippen LogP contribution in [0.2, 0.25) is 0 Å². The highest BCUT2D eigenvalue weighted by atomic mass is 16.6. The lowest BCUT2D eigenvalue weighted by Gasteiger charge is -2.44. The van der Waals surface area contributed by atoms with Gasteiger partial charge in [-0.1, -0.05) is 6.92 Å². The van der Waals surface area contributed by atoms with Crippen molar-refractivity contribution < 1.29 is 58.1 Å². The van der Waals surface area contributed by atoms with Gasteiger partial charge in [0, 0.05) is 38.4 Å². The van der Waals surface area contributed by atoms with E-state index in [4.69, 9.17) is 30.4 Å². The first-order valence-corrected chi connectivity index (χ1v) is 15.0. The third-order valence-electron chi connectivity index (χ3n) is 7.05. The first-order valence-electron chi connectivity index (χ1n) is 15.0. The summed E-state index contributed by atoms with van der Waals surface area (Å²) in [5.41, 5.74) is 11.3. The van der Waals surface area contributed by atoms with E-state index in [-0.39, 0.29) is 30.8 Å². The average molecular weight is 670 g/mol. The van der Waals surface area contributed by atoms with Gasteiger partial charge in [-0.15, -0.1) is 0 Å². The number of nitrogens with two attached hydrogens (primary N) is 2. The predicted octanol–water partition coefficient (Wildman–Crippen LogP) is -0.990. The van der Waals surface area contributed by atoms with Crippen molar-refractivity contribution in [3.63, 3.8) is 0 Å². The Kier molecular flexibility index (Phi) is 15.1. The number of hydrogen-bond acceptors (Lipinski definition) is 14. The molecule has 0 radical (unpaired) electrons. The van der Waals surface area contributed by atoms with Crippen LogP contribution < -0.4 is 21.5 Å². The van der Waals surface area contributed by atoms with Crippen LogP contribution >= 0.6 is 0 Å². The van der Waals surface area contributed by atoms with Crippen molar-refractivity contribution in [2.75, 3.05) is 13.2 Å². The molecule has 8 atom stereocenters. The number of aliphatic hydroxyl groups is 2. The second-order valence-corrected chi connectivity index (χ2v) is 11.1. The van der Waals surface area contributed by atoms with Crippen molar-refractivity contribution in [2.24, 2.45) is 11.5 Å². The van der Waals surface area contributed by atoms with Crippen molar-refractivity contribution in [1.82, 2.24) is 10.2 Å². The van der Waals surface area contributed by atoms with E-state index in [0.29, 0.717) is 6.42 Å². The maximum Gasteiger partial charge on any atom is 0.311 e. The monoisotopic (exact) mass is 669 g/mol. The van der Waals surface area contributed by atoms with Crippen LogP contribution in [-0.2, 0) is 38.2 Å². The van der Waals surface area contributed by atoms with E-state index in [0.717, 1.165) is 17.0 Å². The largest absolute Gasteiger partial charge is 0.463 e. The summed E-state index contributed by atoms with van der Waals surface area (Å²) in [5.74, 6) is -3.62. The van der Waals surface area contributed by atoms with E-state index in [1.807, 2.05) is 0 Å². The van der Waals surface area contributed by atoms with Crippen molar-refractivity contribution in [3.8, 4) is 5.75 Å². The number of primary amides is 1. The van der Waals surface area contributed by atoms with Gasteiger partial charge in [0.15, 0.2) is 6.29 Å². The quantitative estimate of drug-likeness (QED) is 0.0577. The van der Waals surface area contributed by atoms with Crippen LogP contribution in [0.5, 0.6) is 5.75 Å². The summed E-state index contributed by atoms with van der Waals surface area (Å²) >= 11 is 0. The molecule has 7 N–H and O–H groups in total. The summed E-state index contributed by atoms with van der Waals surface area (Å²) in [7, 11) is 0. The van der Waals surface area contributed by atoms with Gasteiger partial charge in [-0.05, 0) is 38.8 Å². The van der Waals surface area contributed by atoms with Gasteiger partial charge in [0.05, 0.1) is 17.1 Å². The molecule has 1 unspecified atom stereocenters. The zero-order valence-electron chi connectivity index (χ0n) is 26.6. The van der Waals surface area contributed by atoms with Crippen LogP contribution in [0.15, 0.2) is 24.3 Å². The number of carbonyl (C=O) groups excluding carboxylic acids is 5. The number of carbonyl (C=O) groups is 5. The second-order valence-electron chi connectivity index (χ2n) is 11.1. The number of esters is 2. The Balaban J connectivity index is 2.21. The number of benzene rings is 1. The van der Waals surface area contributed by atoms with Crippen molar-refractivity contribution in [2.45, 2.75) is 102 Å². The molecular weight excluding hydrogens is 626 g/mol. The standard InChI is InChI=1S/C29H43N5O13/c1-5-6-22(36)44-14-21-25(38)26(24(29(41)47-21)32-17(4)35)45-15(2)13-33(28(40)16(3)30)20(27(31)39)11-12-23(37)46-19-9-7-18(8-10-19)34(42)43/h7-10,15-16,20-21,24-26,29,38,41H,5-6,11-14,30H2,1-4H3,(H2,31,39)(H,32,35)/t15?,16-,20+,21+,24+,25+,26+,29-/m0/s1. The number of non-ortho nitro benzene ring substituents is 1. The molecule has 1 fully saturated rings. The smallest absolute Gasteiger partial charge is 0.311 e. The number of amides is 3. The van der Waals surface area contributed by atoms with Crippen LogP contribution in [0, 0.1) is 10.1 Å². The summed E-state index contributed by atoms with van der Waals surface area (Å²) in [6, 6.07) is 0.972. The highest BCUT2D eigenvalue weighted by molar-refractivity contribution is 5.89. The molecule has 18 nitrogen and oxygen atoms in total. The number of hydrogen-bond donors (Lipinski definition) is 5. The Morgan fingerprint density at radius 1 is 1.11 bits per heavy atom. The number of aliphatic hydroxyl groups excluding tert-OH is 2. The first-order chi connectivity index (χ1) is 22.0. The van der Waals surface area contributed by atoms with Crippen LogP contribution in [0.25, 0.3) is 0 Å². The fraction of sp³-hybridized carbons (Fsp3) is 0.621. The summed E-state index contributed by atoms with van der Waals surface area (Å²) in [6.45, 7) is 5.04. The molecule has 1 aliphatic rings. The SMILES string of the molecule is CCCC(=O)OC[C@H]1O[C@H](O)[C@H](NC(C)=O)[C@@H](OC(C)CN(C(=O)[C@H](C)N)[C@H](CCC(=O)Oc2ccc([N+](=O)[O-])cc2)C(N)=O)[C@@H]1O. The van der Waals surface area contributed by atoms with E-state index in [1.54, 1.807) is 6.92 Å². The van der Waals surface area contributed by atoms with Gasteiger partial charge in [-0.25, -0.2) is 0 Å². The van der Waals surface area contributed by atoms with Gasteiger partial charge >= 0.3 is 11.9 Å². The van der Waals surface area contributed by atoms with Crippen LogP contribution in [-0.4, -0.2) is 112 Å². The maximum atomic E-state index is 13.2. The fourth-order valence-electron chi connectivity index (χ4n) is 4.82. The maximum absolute atomic E-state index is 13.2. The molecule has 262 valence electrons.